The van der Waals surface area contributed by atoms with Crippen molar-refractivity contribution in [2.75, 3.05) is 33.2 Å². The molecular formula is C25H25ClN2O4. The van der Waals surface area contributed by atoms with Gasteiger partial charge in [0, 0.05) is 36.9 Å². The third-order valence-electron chi connectivity index (χ3n) is 4.42. The molecule has 0 radical (unpaired) electrons. The molecule has 6 nitrogen and oxygen atoms in total. The average Bonchev–Trinajstić information content (AvgIpc) is 2.80. The van der Waals surface area contributed by atoms with Crippen molar-refractivity contribution in [3.8, 4) is 17.6 Å². The van der Waals surface area contributed by atoms with Crippen molar-refractivity contribution in [1.82, 2.24) is 0 Å². The van der Waals surface area contributed by atoms with Gasteiger partial charge in [0.25, 0.3) is 0 Å². The first kappa shape index (κ1) is 24.6. The number of anilines is 1. The summed E-state index contributed by atoms with van der Waals surface area (Å²) < 4.78 is 16.2. The molecule has 0 fully saturated rings. The molecule has 2 aromatic rings. The Morgan fingerprint density at radius 3 is 2.22 bits per heavy atom. The molecule has 0 bridgehead atoms. The zero-order chi connectivity index (χ0) is 23.5. The number of nitriles is 1. The molecule has 0 aliphatic carbocycles. The minimum atomic E-state index is -0.696. The molecule has 0 aliphatic rings. The second-order valence-corrected chi connectivity index (χ2v) is 7.23. The van der Waals surface area contributed by atoms with E-state index in [-0.39, 0.29) is 12.2 Å². The Hall–Kier alpha value is -3.69. The summed E-state index contributed by atoms with van der Waals surface area (Å²) in [4.78, 5) is 14.1. The maximum Gasteiger partial charge on any atom is 0.349 e. The molecule has 2 rings (SSSR count). The highest BCUT2D eigenvalue weighted by Gasteiger charge is 2.11. The van der Waals surface area contributed by atoms with E-state index < -0.39 is 5.97 Å². The minimum Gasteiger partial charge on any atom is -0.496 e. The van der Waals surface area contributed by atoms with Crippen LogP contribution in [-0.4, -0.2) is 34.3 Å². The Morgan fingerprint density at radius 1 is 1.06 bits per heavy atom. The Kier molecular flexibility index (Phi) is 9.40. The van der Waals surface area contributed by atoms with Gasteiger partial charge in [0.2, 0.25) is 0 Å². The van der Waals surface area contributed by atoms with E-state index in [1.54, 1.807) is 56.7 Å². The van der Waals surface area contributed by atoms with Gasteiger partial charge in [-0.3, -0.25) is 0 Å². The lowest BCUT2D eigenvalue weighted by atomic mass is 10.1. The van der Waals surface area contributed by atoms with E-state index in [1.165, 1.54) is 6.08 Å². The molecule has 0 amide bonds. The first-order valence-electron chi connectivity index (χ1n) is 9.69. The van der Waals surface area contributed by atoms with E-state index in [0.717, 1.165) is 16.8 Å². The fraction of sp³-hybridized carbons (Fsp3) is 0.200. The highest BCUT2D eigenvalue weighted by Crippen LogP contribution is 2.35. The first-order valence-corrected chi connectivity index (χ1v) is 10.1. The summed E-state index contributed by atoms with van der Waals surface area (Å²) in [5.41, 5.74) is 2.40. The molecule has 0 saturated heterocycles. The Morgan fingerprint density at radius 2 is 1.69 bits per heavy atom. The number of ether oxygens (including phenoxy) is 3. The monoisotopic (exact) mass is 452 g/mol. The maximum atomic E-state index is 12.1. The molecule has 166 valence electrons. The van der Waals surface area contributed by atoms with Crippen molar-refractivity contribution in [3.63, 3.8) is 0 Å². The van der Waals surface area contributed by atoms with Gasteiger partial charge in [-0.05, 0) is 29.8 Å². The average molecular weight is 453 g/mol. The van der Waals surface area contributed by atoms with Crippen LogP contribution in [0.5, 0.6) is 11.5 Å². The number of hydrogen-bond acceptors (Lipinski definition) is 6. The molecule has 32 heavy (non-hydrogen) atoms. The van der Waals surface area contributed by atoms with Gasteiger partial charge in [-0.2, -0.15) is 5.26 Å². The van der Waals surface area contributed by atoms with E-state index in [2.05, 4.69) is 0 Å². The van der Waals surface area contributed by atoms with Crippen LogP contribution in [0.15, 0.2) is 66.3 Å². The van der Waals surface area contributed by atoms with Crippen LogP contribution in [0.3, 0.4) is 0 Å². The SMILES string of the molecule is COc1cc(N(C)C)cc(OC)c1/C=C/C=C/C=C(\C#N)C(=O)OCc1ccc(Cl)cc1. The number of carbonyl (C=O) groups is 1. The van der Waals surface area contributed by atoms with Crippen molar-refractivity contribution in [3.05, 3.63) is 82.4 Å². The molecule has 0 atom stereocenters. The fourth-order valence-corrected chi connectivity index (χ4v) is 2.80. The van der Waals surface area contributed by atoms with Gasteiger partial charge < -0.3 is 19.1 Å². The molecule has 0 saturated carbocycles. The van der Waals surface area contributed by atoms with E-state index >= 15 is 0 Å². The second-order valence-electron chi connectivity index (χ2n) is 6.80. The molecule has 0 N–H and O–H groups in total. The number of nitrogens with zero attached hydrogens (tertiary/aromatic N) is 2. The maximum absolute atomic E-state index is 12.1. The number of halogens is 1. The van der Waals surface area contributed by atoms with Crippen LogP contribution >= 0.6 is 11.6 Å². The summed E-state index contributed by atoms with van der Waals surface area (Å²) >= 11 is 5.83. The summed E-state index contributed by atoms with van der Waals surface area (Å²) in [5, 5.41) is 9.84. The zero-order valence-corrected chi connectivity index (χ0v) is 19.2. The van der Waals surface area contributed by atoms with Crippen LogP contribution in [0, 0.1) is 11.3 Å². The lowest BCUT2D eigenvalue weighted by Crippen LogP contribution is -2.09. The van der Waals surface area contributed by atoms with Crippen molar-refractivity contribution in [1.29, 1.82) is 5.26 Å². The van der Waals surface area contributed by atoms with E-state index in [0.29, 0.717) is 16.5 Å². The van der Waals surface area contributed by atoms with Crippen LogP contribution in [0.2, 0.25) is 5.02 Å². The standard InChI is InChI=1S/C25H25ClN2O4/c1-28(2)21-14-23(30-3)22(24(15-21)31-4)9-7-5-6-8-19(16-27)25(29)32-17-18-10-12-20(26)13-11-18/h5-15H,17H2,1-4H3/b6-5+,9-7+,19-8+. The van der Waals surface area contributed by atoms with Gasteiger partial charge >= 0.3 is 5.97 Å². The highest BCUT2D eigenvalue weighted by molar-refractivity contribution is 6.30. The highest BCUT2D eigenvalue weighted by atomic mass is 35.5. The van der Waals surface area contributed by atoms with Gasteiger partial charge in [-0.25, -0.2) is 4.79 Å². The summed E-state index contributed by atoms with van der Waals surface area (Å²) in [6, 6.07) is 12.6. The fourth-order valence-electron chi connectivity index (χ4n) is 2.67. The van der Waals surface area contributed by atoms with Crippen molar-refractivity contribution in [2.45, 2.75) is 6.61 Å². The summed E-state index contributed by atoms with van der Waals surface area (Å²) in [6.07, 6.45) is 8.28. The molecule has 2 aromatic carbocycles. The quantitative estimate of drug-likeness (QED) is 0.226. The van der Waals surface area contributed by atoms with Gasteiger partial charge in [-0.15, -0.1) is 0 Å². The normalized spacial score (nSPS) is 11.4. The molecule has 0 aliphatic heterocycles. The van der Waals surface area contributed by atoms with Crippen molar-refractivity contribution in [2.24, 2.45) is 0 Å². The number of allylic oxidation sites excluding steroid dienone is 4. The van der Waals surface area contributed by atoms with Crippen molar-refractivity contribution >= 4 is 29.3 Å². The molecule has 0 spiro atoms. The van der Waals surface area contributed by atoms with Crippen LogP contribution < -0.4 is 14.4 Å². The number of esters is 1. The number of hydrogen-bond donors (Lipinski definition) is 0. The number of benzene rings is 2. The predicted octanol–water partition coefficient (Wildman–Crippen LogP) is 5.19. The Balaban J connectivity index is 2.07. The predicted molar refractivity (Wildman–Crippen MR) is 127 cm³/mol. The van der Waals surface area contributed by atoms with Gasteiger partial charge in [0.15, 0.2) is 0 Å². The molecule has 0 unspecified atom stereocenters. The van der Waals surface area contributed by atoms with Gasteiger partial charge in [0.1, 0.15) is 29.7 Å². The summed E-state index contributed by atoms with van der Waals surface area (Å²) in [5.74, 6) is 0.632. The van der Waals surface area contributed by atoms with E-state index in [4.69, 9.17) is 25.8 Å². The van der Waals surface area contributed by atoms with Crippen LogP contribution in [-0.2, 0) is 16.1 Å². The van der Waals surface area contributed by atoms with Crippen LogP contribution in [0.4, 0.5) is 5.69 Å². The molecule has 0 heterocycles. The molecule has 7 heteroatoms. The van der Waals surface area contributed by atoms with Crippen LogP contribution in [0.1, 0.15) is 11.1 Å². The lowest BCUT2D eigenvalue weighted by Gasteiger charge is -2.17. The van der Waals surface area contributed by atoms with Crippen LogP contribution in [0.25, 0.3) is 6.08 Å². The van der Waals surface area contributed by atoms with E-state index in [1.807, 2.05) is 43.3 Å². The summed E-state index contributed by atoms with van der Waals surface area (Å²) in [7, 11) is 7.07. The molecular weight excluding hydrogens is 428 g/mol. The van der Waals surface area contributed by atoms with Gasteiger partial charge in [-0.1, -0.05) is 42.0 Å². The Bertz CT molecular complexity index is 1040. The summed E-state index contributed by atoms with van der Waals surface area (Å²) in [6.45, 7) is 0.0567. The van der Waals surface area contributed by atoms with Gasteiger partial charge in [0.05, 0.1) is 19.8 Å². The van der Waals surface area contributed by atoms with Crippen molar-refractivity contribution < 1.29 is 19.0 Å². The number of methoxy groups -OCH3 is 2. The second kappa shape index (κ2) is 12.2. The molecule has 0 aromatic heterocycles. The smallest absolute Gasteiger partial charge is 0.349 e. The third-order valence-corrected chi connectivity index (χ3v) is 4.67. The number of carbonyl (C=O) groups excluding carboxylic acids is 1. The van der Waals surface area contributed by atoms with E-state index in [9.17, 15) is 10.1 Å². The largest absolute Gasteiger partial charge is 0.496 e. The topological polar surface area (TPSA) is 71.8 Å². The Labute approximate surface area is 193 Å². The minimum absolute atomic E-state index is 0.0567. The zero-order valence-electron chi connectivity index (χ0n) is 18.5. The lowest BCUT2D eigenvalue weighted by molar-refractivity contribution is -0.139. The third kappa shape index (κ3) is 6.93. The first-order chi connectivity index (χ1) is 15.4. The number of rotatable bonds is 9.